The van der Waals surface area contributed by atoms with Gasteiger partial charge in [-0.15, -0.1) is 0 Å². The highest BCUT2D eigenvalue weighted by atomic mass is 16.4. The van der Waals surface area contributed by atoms with Crippen molar-refractivity contribution in [3.8, 4) is 11.5 Å². The molecule has 0 heterocycles. The lowest BCUT2D eigenvalue weighted by Crippen LogP contribution is -1.96. The van der Waals surface area contributed by atoms with Crippen molar-refractivity contribution in [3.05, 3.63) is 29.3 Å². The second-order valence-corrected chi connectivity index (χ2v) is 2.73. The average molecular weight is 208 g/mol. The third-order valence-corrected chi connectivity index (χ3v) is 1.72. The SMILES string of the molecule is O=CC=Cc1c(O)cc(C(=O)O)cc1O. The molecule has 0 aliphatic carbocycles. The lowest BCUT2D eigenvalue weighted by Gasteiger charge is -2.03. The maximum absolute atomic E-state index is 10.5. The van der Waals surface area contributed by atoms with Gasteiger partial charge >= 0.3 is 5.97 Å². The quantitative estimate of drug-likeness (QED) is 0.509. The van der Waals surface area contributed by atoms with Crippen LogP contribution in [0.15, 0.2) is 18.2 Å². The first-order chi connectivity index (χ1) is 7.06. The number of aldehydes is 1. The molecule has 0 atom stereocenters. The number of hydrogen-bond acceptors (Lipinski definition) is 4. The second kappa shape index (κ2) is 4.28. The van der Waals surface area contributed by atoms with Gasteiger partial charge in [-0.05, 0) is 24.3 Å². The lowest BCUT2D eigenvalue weighted by molar-refractivity contribution is -0.104. The smallest absolute Gasteiger partial charge is 0.335 e. The summed E-state index contributed by atoms with van der Waals surface area (Å²) in [5.41, 5.74) is -0.222. The fourth-order valence-corrected chi connectivity index (χ4v) is 1.05. The molecule has 0 aliphatic heterocycles. The number of rotatable bonds is 3. The van der Waals surface area contributed by atoms with E-state index in [-0.39, 0.29) is 11.1 Å². The molecule has 0 saturated carbocycles. The molecule has 78 valence electrons. The third-order valence-electron chi connectivity index (χ3n) is 1.72. The topological polar surface area (TPSA) is 94.8 Å². The molecule has 0 radical (unpaired) electrons. The van der Waals surface area contributed by atoms with E-state index in [1.165, 1.54) is 6.08 Å². The highest BCUT2D eigenvalue weighted by Crippen LogP contribution is 2.29. The summed E-state index contributed by atoms with van der Waals surface area (Å²) in [5.74, 6) is -2.05. The normalized spacial score (nSPS) is 10.4. The van der Waals surface area contributed by atoms with Gasteiger partial charge in [-0.2, -0.15) is 0 Å². The number of aromatic carboxylic acids is 1. The van der Waals surface area contributed by atoms with Crippen LogP contribution in [0.25, 0.3) is 6.08 Å². The highest BCUT2D eigenvalue weighted by Gasteiger charge is 2.11. The summed E-state index contributed by atoms with van der Waals surface area (Å²) in [5, 5.41) is 27.3. The molecule has 1 aromatic carbocycles. The van der Waals surface area contributed by atoms with E-state index < -0.39 is 17.5 Å². The van der Waals surface area contributed by atoms with Gasteiger partial charge in [-0.1, -0.05) is 0 Å². The second-order valence-electron chi connectivity index (χ2n) is 2.73. The zero-order valence-corrected chi connectivity index (χ0v) is 7.54. The molecular weight excluding hydrogens is 200 g/mol. The maximum atomic E-state index is 10.5. The number of phenolic OH excluding ortho intramolecular Hbond substituents is 2. The molecule has 0 aliphatic rings. The monoisotopic (exact) mass is 208 g/mol. The van der Waals surface area contributed by atoms with Crippen LogP contribution in [0.1, 0.15) is 15.9 Å². The summed E-state index contributed by atoms with van der Waals surface area (Å²) in [6, 6.07) is 1.99. The Labute approximate surface area is 84.9 Å². The molecule has 5 nitrogen and oxygen atoms in total. The van der Waals surface area contributed by atoms with Gasteiger partial charge in [0, 0.05) is 0 Å². The molecule has 1 aromatic rings. The Morgan fingerprint density at radius 3 is 2.13 bits per heavy atom. The lowest BCUT2D eigenvalue weighted by atomic mass is 10.1. The van der Waals surface area contributed by atoms with Crippen molar-refractivity contribution in [2.75, 3.05) is 0 Å². The van der Waals surface area contributed by atoms with E-state index in [0.29, 0.717) is 6.29 Å². The largest absolute Gasteiger partial charge is 0.507 e. The number of carbonyl (C=O) groups excluding carboxylic acids is 1. The average Bonchev–Trinajstić information content (AvgIpc) is 2.16. The van der Waals surface area contributed by atoms with Gasteiger partial charge in [-0.25, -0.2) is 4.79 Å². The predicted octanol–water partition coefficient (Wildman–Crippen LogP) is 1.01. The number of carboxylic acids is 1. The van der Waals surface area contributed by atoms with E-state index >= 15 is 0 Å². The van der Waals surface area contributed by atoms with Gasteiger partial charge in [0.1, 0.15) is 17.8 Å². The van der Waals surface area contributed by atoms with E-state index in [0.717, 1.165) is 18.2 Å². The molecular formula is C10H8O5. The molecule has 0 bridgehead atoms. The number of aromatic hydroxyl groups is 2. The van der Waals surface area contributed by atoms with Crippen molar-refractivity contribution in [2.45, 2.75) is 0 Å². The van der Waals surface area contributed by atoms with Crippen LogP contribution in [-0.4, -0.2) is 27.6 Å². The van der Waals surface area contributed by atoms with Crippen LogP contribution in [0.4, 0.5) is 0 Å². The van der Waals surface area contributed by atoms with Crippen LogP contribution < -0.4 is 0 Å². The van der Waals surface area contributed by atoms with Crippen molar-refractivity contribution in [2.24, 2.45) is 0 Å². The Kier molecular flexibility index (Phi) is 3.07. The van der Waals surface area contributed by atoms with Gasteiger partial charge in [0.2, 0.25) is 0 Å². The van der Waals surface area contributed by atoms with E-state index in [1.807, 2.05) is 0 Å². The summed E-state index contributed by atoms with van der Waals surface area (Å²) >= 11 is 0. The van der Waals surface area contributed by atoms with Crippen molar-refractivity contribution in [3.63, 3.8) is 0 Å². The molecule has 0 fully saturated rings. The van der Waals surface area contributed by atoms with Crippen LogP contribution in [0, 0.1) is 0 Å². The Hall–Kier alpha value is -2.30. The Morgan fingerprint density at radius 1 is 1.20 bits per heavy atom. The molecule has 1 rings (SSSR count). The van der Waals surface area contributed by atoms with E-state index in [4.69, 9.17) is 5.11 Å². The minimum absolute atomic E-state index is 0.00657. The molecule has 5 heteroatoms. The van der Waals surface area contributed by atoms with E-state index in [2.05, 4.69) is 0 Å². The van der Waals surface area contributed by atoms with Crippen LogP contribution >= 0.6 is 0 Å². The number of carbonyl (C=O) groups is 2. The van der Waals surface area contributed by atoms with E-state index in [9.17, 15) is 19.8 Å². The Bertz CT molecular complexity index is 410. The number of carboxylic acid groups (broad SMARTS) is 1. The summed E-state index contributed by atoms with van der Waals surface area (Å²) in [6.07, 6.45) is 2.74. The summed E-state index contributed by atoms with van der Waals surface area (Å²) in [6.45, 7) is 0. The Morgan fingerprint density at radius 2 is 1.73 bits per heavy atom. The first kappa shape index (κ1) is 10.8. The molecule has 0 unspecified atom stereocenters. The van der Waals surface area contributed by atoms with Gasteiger partial charge in [0.15, 0.2) is 0 Å². The molecule has 0 aromatic heterocycles. The van der Waals surface area contributed by atoms with Gasteiger partial charge in [-0.3, -0.25) is 4.79 Å². The van der Waals surface area contributed by atoms with E-state index in [1.54, 1.807) is 0 Å². The molecule has 0 amide bonds. The van der Waals surface area contributed by atoms with Crippen molar-refractivity contribution >= 4 is 18.3 Å². The number of hydrogen-bond donors (Lipinski definition) is 3. The number of phenols is 2. The maximum Gasteiger partial charge on any atom is 0.335 e. The van der Waals surface area contributed by atoms with Crippen molar-refractivity contribution < 1.29 is 24.9 Å². The third kappa shape index (κ3) is 2.34. The minimum atomic E-state index is -1.26. The van der Waals surface area contributed by atoms with Crippen molar-refractivity contribution in [1.82, 2.24) is 0 Å². The molecule has 3 N–H and O–H groups in total. The zero-order valence-electron chi connectivity index (χ0n) is 7.54. The standard InChI is InChI=1S/C10H8O5/c11-3-1-2-7-8(12)4-6(10(14)15)5-9(7)13/h1-5,12-13H,(H,14,15). The van der Waals surface area contributed by atoms with Gasteiger partial charge in [0.25, 0.3) is 0 Å². The predicted molar refractivity (Wildman–Crippen MR) is 51.8 cm³/mol. The summed E-state index contributed by atoms with van der Waals surface area (Å²) < 4.78 is 0. The highest BCUT2D eigenvalue weighted by molar-refractivity contribution is 5.90. The minimum Gasteiger partial charge on any atom is -0.507 e. The fourth-order valence-electron chi connectivity index (χ4n) is 1.05. The van der Waals surface area contributed by atoms with Gasteiger partial charge < -0.3 is 15.3 Å². The van der Waals surface area contributed by atoms with Crippen LogP contribution in [0.2, 0.25) is 0 Å². The number of benzene rings is 1. The van der Waals surface area contributed by atoms with Crippen molar-refractivity contribution in [1.29, 1.82) is 0 Å². The summed E-state index contributed by atoms with van der Waals surface area (Å²) in [7, 11) is 0. The zero-order chi connectivity index (χ0) is 11.4. The first-order valence-electron chi connectivity index (χ1n) is 3.97. The van der Waals surface area contributed by atoms with Crippen LogP contribution in [-0.2, 0) is 4.79 Å². The van der Waals surface area contributed by atoms with Crippen LogP contribution in [0.3, 0.4) is 0 Å². The summed E-state index contributed by atoms with van der Waals surface area (Å²) in [4.78, 5) is 20.6. The Balaban J connectivity index is 3.26. The molecule has 0 saturated heterocycles. The fraction of sp³-hybridized carbons (Fsp3) is 0. The van der Waals surface area contributed by atoms with Gasteiger partial charge in [0.05, 0.1) is 11.1 Å². The van der Waals surface area contributed by atoms with Crippen LogP contribution in [0.5, 0.6) is 11.5 Å². The molecule has 0 spiro atoms. The molecule has 15 heavy (non-hydrogen) atoms. The first-order valence-corrected chi connectivity index (χ1v) is 3.97. The number of allylic oxidation sites excluding steroid dienone is 1.